The highest BCUT2D eigenvalue weighted by molar-refractivity contribution is 7.20. The Labute approximate surface area is 189 Å². The van der Waals surface area contributed by atoms with E-state index < -0.39 is 0 Å². The maximum atomic E-state index is 13.5. The zero-order valence-electron chi connectivity index (χ0n) is 18.4. The maximum Gasteiger partial charge on any atom is 0.264 e. The van der Waals surface area contributed by atoms with E-state index in [4.69, 9.17) is 13.9 Å². The lowest BCUT2D eigenvalue weighted by molar-refractivity contribution is 0.0739. The van der Waals surface area contributed by atoms with Crippen LogP contribution in [0.2, 0.25) is 0 Å². The van der Waals surface area contributed by atoms with Gasteiger partial charge < -0.3 is 18.8 Å². The molecule has 0 bridgehead atoms. The molecule has 0 saturated heterocycles. The number of carbonyl (C=O) groups excluding carboxylic acids is 1. The van der Waals surface area contributed by atoms with Crippen molar-refractivity contribution in [2.45, 2.75) is 26.8 Å². The first-order chi connectivity index (χ1) is 15.5. The van der Waals surface area contributed by atoms with Crippen molar-refractivity contribution in [1.29, 1.82) is 0 Å². The number of benzene rings is 1. The Kier molecular flexibility index (Phi) is 5.09. The van der Waals surface area contributed by atoms with Crippen molar-refractivity contribution in [2.24, 2.45) is 0 Å². The van der Waals surface area contributed by atoms with Gasteiger partial charge in [-0.25, -0.2) is 9.97 Å². The number of fused-ring (bicyclic) bond motifs is 2. The van der Waals surface area contributed by atoms with Crippen molar-refractivity contribution < 1.29 is 18.7 Å². The van der Waals surface area contributed by atoms with E-state index in [1.165, 1.54) is 16.9 Å². The summed E-state index contributed by atoms with van der Waals surface area (Å²) in [6, 6.07) is 7.62. The van der Waals surface area contributed by atoms with Crippen LogP contribution in [0.5, 0.6) is 11.5 Å². The van der Waals surface area contributed by atoms with Crippen LogP contribution in [0, 0.1) is 13.8 Å². The number of hydrogen-bond acceptors (Lipinski definition) is 7. The van der Waals surface area contributed by atoms with Gasteiger partial charge >= 0.3 is 0 Å². The van der Waals surface area contributed by atoms with Gasteiger partial charge in [-0.2, -0.15) is 0 Å². The molecule has 4 aromatic rings. The van der Waals surface area contributed by atoms with E-state index in [1.807, 2.05) is 43.0 Å². The Bertz CT molecular complexity index is 1330. The first kappa shape index (κ1) is 20.5. The molecule has 1 amide bonds. The van der Waals surface area contributed by atoms with Crippen LogP contribution in [0.25, 0.3) is 21.8 Å². The minimum atomic E-state index is 0.0184. The van der Waals surface area contributed by atoms with Gasteiger partial charge in [-0.15, -0.1) is 11.3 Å². The Morgan fingerprint density at radius 3 is 2.56 bits per heavy atom. The minimum Gasteiger partial charge on any atom is -0.493 e. The lowest BCUT2D eigenvalue weighted by atomic mass is 9.98. The van der Waals surface area contributed by atoms with Crippen LogP contribution in [-0.2, 0) is 13.0 Å². The summed E-state index contributed by atoms with van der Waals surface area (Å²) in [6.45, 7) is 5.10. The standard InChI is InChI=1S/C24H23N3O4S/c1-13-20-14(2)25-22(17-6-5-9-31-17)26-23(20)32-21(13)24(28)27-8-7-15-10-18(29-3)19(30-4)11-16(15)12-27/h5-6,9-11H,7-8,12H2,1-4H3. The molecule has 0 atom stereocenters. The number of carbonyl (C=O) groups is 1. The first-order valence-electron chi connectivity index (χ1n) is 10.3. The zero-order valence-corrected chi connectivity index (χ0v) is 19.2. The number of hydrogen-bond donors (Lipinski definition) is 0. The van der Waals surface area contributed by atoms with Crippen LogP contribution >= 0.6 is 11.3 Å². The highest BCUT2D eigenvalue weighted by Gasteiger charge is 2.27. The van der Waals surface area contributed by atoms with Crippen LogP contribution in [0.4, 0.5) is 0 Å². The molecular formula is C24H23N3O4S. The van der Waals surface area contributed by atoms with Crippen molar-refractivity contribution in [3.05, 3.63) is 57.8 Å². The molecule has 1 aliphatic rings. The predicted molar refractivity (Wildman–Crippen MR) is 123 cm³/mol. The largest absolute Gasteiger partial charge is 0.493 e. The molecule has 1 aliphatic heterocycles. The van der Waals surface area contributed by atoms with Crippen molar-refractivity contribution in [2.75, 3.05) is 20.8 Å². The minimum absolute atomic E-state index is 0.0184. The first-order valence-corrected chi connectivity index (χ1v) is 11.2. The van der Waals surface area contributed by atoms with E-state index in [2.05, 4.69) is 9.97 Å². The second-order valence-electron chi connectivity index (χ2n) is 7.80. The van der Waals surface area contributed by atoms with Gasteiger partial charge in [-0.05, 0) is 61.2 Å². The van der Waals surface area contributed by atoms with E-state index >= 15 is 0 Å². The molecule has 0 unspecified atom stereocenters. The van der Waals surface area contributed by atoms with Gasteiger partial charge in [-0.3, -0.25) is 4.79 Å². The number of methoxy groups -OCH3 is 2. The SMILES string of the molecule is COc1cc2c(cc1OC)CN(C(=O)c1sc3nc(-c4ccco4)nc(C)c3c1C)CC2. The Balaban J connectivity index is 1.49. The van der Waals surface area contributed by atoms with Gasteiger partial charge in [0.05, 0.1) is 31.1 Å². The quantitative estimate of drug-likeness (QED) is 0.446. The van der Waals surface area contributed by atoms with Crippen molar-refractivity contribution in [3.63, 3.8) is 0 Å². The molecule has 1 aromatic carbocycles. The smallest absolute Gasteiger partial charge is 0.264 e. The van der Waals surface area contributed by atoms with Crippen LogP contribution in [0.3, 0.4) is 0 Å². The predicted octanol–water partition coefficient (Wildman–Crippen LogP) is 4.78. The number of aromatic nitrogens is 2. The average molecular weight is 450 g/mol. The number of amides is 1. The number of aryl methyl sites for hydroxylation is 2. The van der Waals surface area contributed by atoms with Gasteiger partial charge in [-0.1, -0.05) is 0 Å². The number of thiophene rings is 1. The topological polar surface area (TPSA) is 77.7 Å². The van der Waals surface area contributed by atoms with Crippen LogP contribution in [0.1, 0.15) is 32.1 Å². The summed E-state index contributed by atoms with van der Waals surface area (Å²) in [5, 5.41) is 0.942. The highest BCUT2D eigenvalue weighted by atomic mass is 32.1. The summed E-state index contributed by atoms with van der Waals surface area (Å²) in [4.78, 5) is 26.2. The summed E-state index contributed by atoms with van der Waals surface area (Å²) in [5.74, 6) is 2.56. The normalized spacial score (nSPS) is 13.3. The van der Waals surface area contributed by atoms with E-state index in [9.17, 15) is 4.79 Å². The summed E-state index contributed by atoms with van der Waals surface area (Å²) in [7, 11) is 3.26. The molecule has 32 heavy (non-hydrogen) atoms. The molecule has 0 radical (unpaired) electrons. The Hall–Kier alpha value is -3.39. The van der Waals surface area contributed by atoms with Crippen molar-refractivity contribution in [1.82, 2.24) is 14.9 Å². The number of furan rings is 1. The molecule has 3 aromatic heterocycles. The van der Waals surface area contributed by atoms with Gasteiger partial charge in [0.25, 0.3) is 5.91 Å². The average Bonchev–Trinajstić information content (AvgIpc) is 3.45. The van der Waals surface area contributed by atoms with Crippen LogP contribution < -0.4 is 9.47 Å². The zero-order chi connectivity index (χ0) is 22.4. The lowest BCUT2D eigenvalue weighted by Crippen LogP contribution is -2.35. The number of ether oxygens (including phenoxy) is 2. The second-order valence-corrected chi connectivity index (χ2v) is 8.80. The van der Waals surface area contributed by atoms with Crippen LogP contribution in [-0.4, -0.2) is 41.5 Å². The summed E-state index contributed by atoms with van der Waals surface area (Å²) in [6.07, 6.45) is 2.37. The summed E-state index contributed by atoms with van der Waals surface area (Å²) < 4.78 is 16.3. The summed E-state index contributed by atoms with van der Waals surface area (Å²) in [5.41, 5.74) is 4.04. The van der Waals surface area contributed by atoms with Gasteiger partial charge in [0.2, 0.25) is 0 Å². The molecule has 0 fully saturated rings. The maximum absolute atomic E-state index is 13.5. The molecule has 7 nitrogen and oxygen atoms in total. The third-order valence-electron chi connectivity index (χ3n) is 5.91. The summed E-state index contributed by atoms with van der Waals surface area (Å²) >= 11 is 1.42. The molecule has 0 saturated carbocycles. The highest BCUT2D eigenvalue weighted by Crippen LogP contribution is 2.36. The molecule has 0 aliphatic carbocycles. The fraction of sp³-hybridized carbons (Fsp3) is 0.292. The fourth-order valence-electron chi connectivity index (χ4n) is 4.26. The third kappa shape index (κ3) is 3.31. The third-order valence-corrected chi connectivity index (χ3v) is 7.09. The molecular weight excluding hydrogens is 426 g/mol. The fourth-order valence-corrected chi connectivity index (χ4v) is 5.46. The Morgan fingerprint density at radius 2 is 1.88 bits per heavy atom. The van der Waals surface area contributed by atoms with E-state index in [0.29, 0.717) is 41.1 Å². The van der Waals surface area contributed by atoms with E-state index in [1.54, 1.807) is 20.5 Å². The molecule has 0 spiro atoms. The van der Waals surface area contributed by atoms with Crippen molar-refractivity contribution >= 4 is 27.5 Å². The Morgan fingerprint density at radius 1 is 1.12 bits per heavy atom. The number of nitrogens with zero attached hydrogens (tertiary/aromatic N) is 3. The van der Waals surface area contributed by atoms with Gasteiger partial charge in [0.1, 0.15) is 4.83 Å². The van der Waals surface area contributed by atoms with E-state index in [-0.39, 0.29) is 5.91 Å². The van der Waals surface area contributed by atoms with Crippen molar-refractivity contribution in [3.8, 4) is 23.1 Å². The lowest BCUT2D eigenvalue weighted by Gasteiger charge is -2.29. The molecule has 0 N–H and O–H groups in total. The van der Waals surface area contributed by atoms with Gasteiger partial charge in [0.15, 0.2) is 23.1 Å². The molecule has 5 rings (SSSR count). The molecule has 164 valence electrons. The molecule has 8 heteroatoms. The number of rotatable bonds is 4. The van der Waals surface area contributed by atoms with Gasteiger partial charge in [0, 0.05) is 18.5 Å². The second kappa shape index (κ2) is 7.94. The van der Waals surface area contributed by atoms with E-state index in [0.717, 1.165) is 33.5 Å². The van der Waals surface area contributed by atoms with Crippen LogP contribution in [0.15, 0.2) is 34.9 Å². The molecule has 4 heterocycles. The monoisotopic (exact) mass is 449 g/mol.